The first-order valence-corrected chi connectivity index (χ1v) is 10.8. The van der Waals surface area contributed by atoms with E-state index in [1.807, 2.05) is 19.9 Å². The molecule has 0 radical (unpaired) electrons. The molecule has 2 fully saturated rings. The smallest absolute Gasteiger partial charge is 0.246 e. The van der Waals surface area contributed by atoms with Gasteiger partial charge in [-0.1, -0.05) is 19.9 Å². The molecule has 1 saturated carbocycles. The molecule has 1 atom stereocenters. The average molecular weight is 381 g/mol. The molecule has 1 N–H and O–H groups in total. The Kier molecular flexibility index (Phi) is 5.58. The van der Waals surface area contributed by atoms with E-state index in [0.717, 1.165) is 24.8 Å². The highest BCUT2D eigenvalue weighted by Gasteiger charge is 2.36. The van der Waals surface area contributed by atoms with Crippen LogP contribution in [0.3, 0.4) is 0 Å². The van der Waals surface area contributed by atoms with Crippen molar-refractivity contribution in [1.82, 2.24) is 9.62 Å². The molecule has 0 bridgehead atoms. The molecule has 0 spiro atoms. The molecular formula is C19H28N2O4S. The summed E-state index contributed by atoms with van der Waals surface area (Å²) in [5, 5.41) is 3.00. The van der Waals surface area contributed by atoms with Gasteiger partial charge in [0.2, 0.25) is 15.9 Å². The molecule has 1 aliphatic heterocycles. The lowest BCUT2D eigenvalue weighted by Gasteiger charge is -2.31. The van der Waals surface area contributed by atoms with E-state index in [1.165, 1.54) is 11.4 Å². The zero-order valence-corrected chi connectivity index (χ0v) is 16.5. The third-order valence-electron chi connectivity index (χ3n) is 5.15. The molecule has 3 rings (SSSR count). The largest absolute Gasteiger partial charge is 0.495 e. The van der Waals surface area contributed by atoms with E-state index >= 15 is 0 Å². The standard InChI is InChI=1S/C19H28N2O4S/c1-13(2)14-6-9-17(25-3)18(11-14)26(23,24)21-10-4-5-15(12-21)19(22)20-16-7-8-16/h6,9,11,13,15-16H,4-5,7-8,10,12H2,1-3H3,(H,20,22)/t15-/m1/s1. The lowest BCUT2D eigenvalue weighted by atomic mass is 9.99. The zero-order valence-electron chi connectivity index (χ0n) is 15.7. The first kappa shape index (κ1) is 19.2. The van der Waals surface area contributed by atoms with Crippen LogP contribution in [-0.2, 0) is 14.8 Å². The Bertz CT molecular complexity index is 772. The molecule has 1 heterocycles. The van der Waals surface area contributed by atoms with E-state index in [0.29, 0.717) is 18.7 Å². The first-order valence-electron chi connectivity index (χ1n) is 9.31. The lowest BCUT2D eigenvalue weighted by Crippen LogP contribution is -2.45. The molecule has 26 heavy (non-hydrogen) atoms. The monoisotopic (exact) mass is 380 g/mol. The fourth-order valence-corrected chi connectivity index (χ4v) is 5.03. The Balaban J connectivity index is 1.84. The van der Waals surface area contributed by atoms with E-state index in [1.54, 1.807) is 12.1 Å². The topological polar surface area (TPSA) is 75.7 Å². The van der Waals surface area contributed by atoms with Crippen LogP contribution in [0, 0.1) is 5.92 Å². The van der Waals surface area contributed by atoms with Crippen LogP contribution in [0.5, 0.6) is 5.75 Å². The average Bonchev–Trinajstić information content (AvgIpc) is 3.45. The lowest BCUT2D eigenvalue weighted by molar-refractivity contribution is -0.126. The molecule has 1 saturated heterocycles. The van der Waals surface area contributed by atoms with Crippen LogP contribution in [0.1, 0.15) is 51.0 Å². The van der Waals surface area contributed by atoms with Gasteiger partial charge in [-0.3, -0.25) is 4.79 Å². The molecule has 1 aromatic rings. The second-order valence-electron chi connectivity index (χ2n) is 7.55. The minimum atomic E-state index is -3.71. The van der Waals surface area contributed by atoms with Crippen molar-refractivity contribution in [2.75, 3.05) is 20.2 Å². The number of ether oxygens (including phenoxy) is 1. The van der Waals surface area contributed by atoms with Gasteiger partial charge in [-0.05, 0) is 49.3 Å². The van der Waals surface area contributed by atoms with Crippen LogP contribution < -0.4 is 10.1 Å². The molecule has 1 aromatic carbocycles. The first-order chi connectivity index (χ1) is 12.3. The van der Waals surface area contributed by atoms with Crippen molar-refractivity contribution in [2.45, 2.75) is 56.4 Å². The van der Waals surface area contributed by atoms with Gasteiger partial charge in [0.1, 0.15) is 10.6 Å². The number of carbonyl (C=O) groups is 1. The number of nitrogens with one attached hydrogen (secondary N) is 1. The highest BCUT2D eigenvalue weighted by molar-refractivity contribution is 7.89. The van der Waals surface area contributed by atoms with E-state index in [4.69, 9.17) is 4.74 Å². The fourth-order valence-electron chi connectivity index (χ4n) is 3.31. The number of carbonyl (C=O) groups excluding carboxylic acids is 1. The summed E-state index contributed by atoms with van der Waals surface area (Å²) >= 11 is 0. The summed E-state index contributed by atoms with van der Waals surface area (Å²) in [6, 6.07) is 5.60. The van der Waals surface area contributed by atoms with Crippen molar-refractivity contribution in [3.05, 3.63) is 23.8 Å². The summed E-state index contributed by atoms with van der Waals surface area (Å²) in [5.74, 6) is 0.265. The summed E-state index contributed by atoms with van der Waals surface area (Å²) in [4.78, 5) is 12.6. The molecule has 2 aliphatic rings. The maximum absolute atomic E-state index is 13.3. The minimum Gasteiger partial charge on any atom is -0.495 e. The number of rotatable bonds is 6. The van der Waals surface area contributed by atoms with Gasteiger partial charge in [-0.25, -0.2) is 8.42 Å². The molecule has 1 aliphatic carbocycles. The van der Waals surface area contributed by atoms with Gasteiger partial charge < -0.3 is 10.1 Å². The molecule has 6 nitrogen and oxygen atoms in total. The van der Waals surface area contributed by atoms with Crippen LogP contribution in [0.15, 0.2) is 23.1 Å². The predicted molar refractivity (Wildman–Crippen MR) is 99.7 cm³/mol. The van der Waals surface area contributed by atoms with Crippen LogP contribution in [0.2, 0.25) is 0 Å². The molecule has 0 unspecified atom stereocenters. The second-order valence-corrected chi connectivity index (χ2v) is 9.46. The summed E-state index contributed by atoms with van der Waals surface area (Å²) < 4.78 is 33.3. The molecule has 144 valence electrons. The van der Waals surface area contributed by atoms with Crippen molar-refractivity contribution in [3.63, 3.8) is 0 Å². The van der Waals surface area contributed by atoms with Crippen molar-refractivity contribution in [1.29, 1.82) is 0 Å². The molecule has 7 heteroatoms. The number of hydrogen-bond donors (Lipinski definition) is 1. The maximum atomic E-state index is 13.3. The van der Waals surface area contributed by atoms with Gasteiger partial charge in [0.05, 0.1) is 13.0 Å². The molecular weight excluding hydrogens is 352 g/mol. The van der Waals surface area contributed by atoms with Gasteiger partial charge in [0.25, 0.3) is 0 Å². The van der Waals surface area contributed by atoms with Crippen LogP contribution >= 0.6 is 0 Å². The quantitative estimate of drug-likeness (QED) is 0.823. The Morgan fingerprint density at radius 1 is 1.27 bits per heavy atom. The van der Waals surface area contributed by atoms with Crippen molar-refractivity contribution in [2.24, 2.45) is 5.92 Å². The summed E-state index contributed by atoms with van der Waals surface area (Å²) in [7, 11) is -2.23. The highest BCUT2D eigenvalue weighted by Crippen LogP contribution is 2.32. The fraction of sp³-hybridized carbons (Fsp3) is 0.632. The highest BCUT2D eigenvalue weighted by atomic mass is 32.2. The number of nitrogens with zero attached hydrogens (tertiary/aromatic N) is 1. The number of amides is 1. The third-order valence-corrected chi connectivity index (χ3v) is 7.04. The molecule has 1 amide bonds. The van der Waals surface area contributed by atoms with E-state index in [-0.39, 0.29) is 35.2 Å². The second kappa shape index (κ2) is 7.56. The van der Waals surface area contributed by atoms with Crippen molar-refractivity contribution in [3.8, 4) is 5.75 Å². The van der Waals surface area contributed by atoms with Crippen molar-refractivity contribution >= 4 is 15.9 Å². The summed E-state index contributed by atoms with van der Waals surface area (Å²) in [5.41, 5.74) is 0.949. The number of sulfonamides is 1. The van der Waals surface area contributed by atoms with E-state index < -0.39 is 10.0 Å². The SMILES string of the molecule is COc1ccc(C(C)C)cc1S(=O)(=O)N1CCC[C@@H](C(=O)NC2CC2)C1. The molecule has 0 aromatic heterocycles. The Labute approximate surface area is 156 Å². The van der Waals surface area contributed by atoms with Crippen LogP contribution in [0.4, 0.5) is 0 Å². The summed E-state index contributed by atoms with van der Waals surface area (Å²) in [6.45, 7) is 4.72. The maximum Gasteiger partial charge on any atom is 0.246 e. The zero-order chi connectivity index (χ0) is 18.9. The van der Waals surface area contributed by atoms with Crippen LogP contribution in [-0.4, -0.2) is 44.9 Å². The van der Waals surface area contributed by atoms with Crippen molar-refractivity contribution < 1.29 is 17.9 Å². The number of piperidine rings is 1. The van der Waals surface area contributed by atoms with E-state index in [9.17, 15) is 13.2 Å². The minimum absolute atomic E-state index is 0.0182. The van der Waals surface area contributed by atoms with Gasteiger partial charge >= 0.3 is 0 Å². The van der Waals surface area contributed by atoms with Gasteiger partial charge in [0.15, 0.2) is 0 Å². The van der Waals surface area contributed by atoms with Crippen LogP contribution in [0.25, 0.3) is 0 Å². The Hall–Kier alpha value is -1.60. The normalized spacial score (nSPS) is 21.6. The number of benzene rings is 1. The van der Waals surface area contributed by atoms with Gasteiger partial charge in [-0.2, -0.15) is 4.31 Å². The number of methoxy groups -OCH3 is 1. The number of hydrogen-bond acceptors (Lipinski definition) is 4. The van der Waals surface area contributed by atoms with Gasteiger partial charge in [0, 0.05) is 19.1 Å². The predicted octanol–water partition coefficient (Wildman–Crippen LogP) is 2.50. The Morgan fingerprint density at radius 3 is 2.62 bits per heavy atom. The van der Waals surface area contributed by atoms with E-state index in [2.05, 4.69) is 5.32 Å². The third kappa shape index (κ3) is 4.04. The Morgan fingerprint density at radius 2 is 2.00 bits per heavy atom. The summed E-state index contributed by atoms with van der Waals surface area (Å²) in [6.07, 6.45) is 3.47. The van der Waals surface area contributed by atoms with Gasteiger partial charge in [-0.15, -0.1) is 0 Å².